The number of aromatic amines is 1. The first kappa shape index (κ1) is 12.9. The van der Waals surface area contributed by atoms with E-state index in [4.69, 9.17) is 10.5 Å². The van der Waals surface area contributed by atoms with E-state index in [2.05, 4.69) is 15.5 Å². The molecule has 6 heteroatoms. The van der Waals surface area contributed by atoms with Gasteiger partial charge in [-0.05, 0) is 24.6 Å². The van der Waals surface area contributed by atoms with E-state index in [0.29, 0.717) is 24.7 Å². The number of carbonyl (C=O) groups excluding carboxylic acids is 1. The lowest BCUT2D eigenvalue weighted by Crippen LogP contribution is -2.28. The molecule has 0 aliphatic carbocycles. The number of hydrogen-bond acceptors (Lipinski definition) is 4. The van der Waals surface area contributed by atoms with Crippen LogP contribution >= 0.6 is 0 Å². The summed E-state index contributed by atoms with van der Waals surface area (Å²) < 4.78 is 5.51. The summed E-state index contributed by atoms with van der Waals surface area (Å²) in [6, 6.07) is 9.23. The minimum atomic E-state index is -0.253. The Morgan fingerprint density at radius 1 is 1.47 bits per heavy atom. The zero-order chi connectivity index (χ0) is 13.7. The highest BCUT2D eigenvalue weighted by atomic mass is 16.5. The molecule has 0 saturated heterocycles. The molecule has 0 spiro atoms. The number of aromatic nitrogens is 2. The van der Waals surface area contributed by atoms with Gasteiger partial charge in [0.25, 0.3) is 5.91 Å². The molecule has 1 heterocycles. The van der Waals surface area contributed by atoms with Crippen LogP contribution in [-0.2, 0) is 0 Å². The number of H-pyrrole nitrogens is 1. The van der Waals surface area contributed by atoms with Crippen molar-refractivity contribution in [3.05, 3.63) is 41.6 Å². The zero-order valence-corrected chi connectivity index (χ0v) is 10.6. The molecule has 0 aliphatic rings. The Labute approximate surface area is 111 Å². The number of carbonyl (C=O) groups is 1. The minimum Gasteiger partial charge on any atom is -0.492 e. The van der Waals surface area contributed by atoms with E-state index in [1.54, 1.807) is 0 Å². The van der Waals surface area contributed by atoms with E-state index < -0.39 is 0 Å². The SMILES string of the molecule is Cc1cccc(OCCNC(=O)c2cc(N)n[nH]2)c1. The highest BCUT2D eigenvalue weighted by Crippen LogP contribution is 2.11. The molecule has 1 aromatic heterocycles. The van der Waals surface area contributed by atoms with Crippen molar-refractivity contribution in [2.24, 2.45) is 0 Å². The Bertz CT molecular complexity index is 565. The Kier molecular flexibility index (Phi) is 4.02. The maximum Gasteiger partial charge on any atom is 0.269 e. The van der Waals surface area contributed by atoms with Gasteiger partial charge in [0.1, 0.15) is 23.9 Å². The van der Waals surface area contributed by atoms with Crippen molar-refractivity contribution in [1.82, 2.24) is 15.5 Å². The largest absolute Gasteiger partial charge is 0.492 e. The minimum absolute atomic E-state index is 0.253. The third-order valence-electron chi connectivity index (χ3n) is 2.49. The van der Waals surface area contributed by atoms with Gasteiger partial charge in [-0.3, -0.25) is 9.89 Å². The van der Waals surface area contributed by atoms with E-state index in [9.17, 15) is 4.79 Å². The molecule has 0 radical (unpaired) electrons. The number of nitrogens with one attached hydrogen (secondary N) is 2. The summed E-state index contributed by atoms with van der Waals surface area (Å²) in [7, 11) is 0. The highest BCUT2D eigenvalue weighted by Gasteiger charge is 2.07. The average molecular weight is 260 g/mol. The summed E-state index contributed by atoms with van der Waals surface area (Å²) >= 11 is 0. The molecular formula is C13H16N4O2. The molecule has 4 N–H and O–H groups in total. The summed E-state index contributed by atoms with van der Waals surface area (Å²) in [6.07, 6.45) is 0. The zero-order valence-electron chi connectivity index (χ0n) is 10.6. The van der Waals surface area contributed by atoms with Crippen LogP contribution in [0.3, 0.4) is 0 Å². The first-order valence-electron chi connectivity index (χ1n) is 5.94. The maximum absolute atomic E-state index is 11.6. The maximum atomic E-state index is 11.6. The summed E-state index contributed by atoms with van der Waals surface area (Å²) in [5.74, 6) is 0.832. The molecule has 0 bridgehead atoms. The third-order valence-corrected chi connectivity index (χ3v) is 2.49. The molecule has 1 aromatic carbocycles. The average Bonchev–Trinajstić information content (AvgIpc) is 2.81. The number of benzene rings is 1. The second-order valence-electron chi connectivity index (χ2n) is 4.13. The summed E-state index contributed by atoms with van der Waals surface area (Å²) in [5, 5.41) is 8.93. The normalized spacial score (nSPS) is 10.2. The van der Waals surface area contributed by atoms with Gasteiger partial charge in [0.2, 0.25) is 0 Å². The van der Waals surface area contributed by atoms with Crippen molar-refractivity contribution in [2.75, 3.05) is 18.9 Å². The highest BCUT2D eigenvalue weighted by molar-refractivity contribution is 5.92. The second-order valence-corrected chi connectivity index (χ2v) is 4.13. The van der Waals surface area contributed by atoms with Crippen molar-refractivity contribution in [2.45, 2.75) is 6.92 Å². The predicted molar refractivity (Wildman–Crippen MR) is 72.0 cm³/mol. The number of rotatable bonds is 5. The van der Waals surface area contributed by atoms with Gasteiger partial charge >= 0.3 is 0 Å². The van der Waals surface area contributed by atoms with Crippen LogP contribution in [0.5, 0.6) is 5.75 Å². The van der Waals surface area contributed by atoms with E-state index in [0.717, 1.165) is 11.3 Å². The molecule has 19 heavy (non-hydrogen) atoms. The van der Waals surface area contributed by atoms with Gasteiger partial charge in [-0.15, -0.1) is 0 Å². The van der Waals surface area contributed by atoms with Crippen molar-refractivity contribution in [3.63, 3.8) is 0 Å². The summed E-state index contributed by atoms with van der Waals surface area (Å²) in [4.78, 5) is 11.6. The quantitative estimate of drug-likeness (QED) is 0.702. The van der Waals surface area contributed by atoms with Gasteiger partial charge in [0.05, 0.1) is 6.54 Å². The number of hydrogen-bond donors (Lipinski definition) is 3. The smallest absolute Gasteiger partial charge is 0.269 e. The van der Waals surface area contributed by atoms with E-state index >= 15 is 0 Å². The Balaban J connectivity index is 1.74. The molecule has 0 saturated carbocycles. The Hall–Kier alpha value is -2.50. The molecule has 2 aromatic rings. The number of nitrogens with two attached hydrogens (primary N) is 1. The van der Waals surface area contributed by atoms with Gasteiger partial charge in [0, 0.05) is 6.07 Å². The third kappa shape index (κ3) is 3.74. The molecule has 6 nitrogen and oxygen atoms in total. The first-order valence-corrected chi connectivity index (χ1v) is 5.94. The molecule has 100 valence electrons. The van der Waals surface area contributed by atoms with Gasteiger partial charge < -0.3 is 15.8 Å². The topological polar surface area (TPSA) is 93.0 Å². The Morgan fingerprint density at radius 3 is 3.00 bits per heavy atom. The number of nitrogens with zero attached hydrogens (tertiary/aromatic N) is 1. The van der Waals surface area contributed by atoms with Crippen LogP contribution < -0.4 is 15.8 Å². The van der Waals surface area contributed by atoms with Gasteiger partial charge in [-0.25, -0.2) is 0 Å². The fraction of sp³-hybridized carbons (Fsp3) is 0.231. The van der Waals surface area contributed by atoms with Gasteiger partial charge in [0.15, 0.2) is 0 Å². The molecule has 0 fully saturated rings. The number of anilines is 1. The number of amides is 1. The van der Waals surface area contributed by atoms with Crippen LogP contribution in [0.15, 0.2) is 30.3 Å². The number of ether oxygens (including phenoxy) is 1. The second kappa shape index (κ2) is 5.90. The lowest BCUT2D eigenvalue weighted by Gasteiger charge is -2.07. The van der Waals surface area contributed by atoms with Crippen LogP contribution in [0.25, 0.3) is 0 Å². The van der Waals surface area contributed by atoms with Gasteiger partial charge in [-0.2, -0.15) is 5.10 Å². The van der Waals surface area contributed by atoms with Crippen LogP contribution in [0.2, 0.25) is 0 Å². The summed E-state index contributed by atoms with van der Waals surface area (Å²) in [6.45, 7) is 2.81. The lowest BCUT2D eigenvalue weighted by atomic mass is 10.2. The molecular weight excluding hydrogens is 244 g/mol. The number of aryl methyl sites for hydroxylation is 1. The van der Waals surface area contributed by atoms with E-state index in [-0.39, 0.29) is 5.91 Å². The first-order chi connectivity index (χ1) is 9.15. The van der Waals surface area contributed by atoms with Crippen LogP contribution in [0.1, 0.15) is 16.1 Å². The van der Waals surface area contributed by atoms with Crippen molar-refractivity contribution < 1.29 is 9.53 Å². The molecule has 1 amide bonds. The lowest BCUT2D eigenvalue weighted by molar-refractivity contribution is 0.0942. The van der Waals surface area contributed by atoms with Crippen molar-refractivity contribution in [3.8, 4) is 5.75 Å². The summed E-state index contributed by atoms with van der Waals surface area (Å²) in [5.41, 5.74) is 6.89. The van der Waals surface area contributed by atoms with E-state index in [1.807, 2.05) is 31.2 Å². The molecule has 0 aliphatic heterocycles. The standard InChI is InChI=1S/C13H16N4O2/c1-9-3-2-4-10(7-9)19-6-5-15-13(18)11-8-12(14)17-16-11/h2-4,7-8H,5-6H2,1H3,(H,15,18)(H3,14,16,17). The number of nitrogen functional groups attached to an aromatic ring is 1. The van der Waals surface area contributed by atoms with Crippen molar-refractivity contribution in [1.29, 1.82) is 0 Å². The molecule has 0 atom stereocenters. The predicted octanol–water partition coefficient (Wildman–Crippen LogP) is 1.11. The molecule has 2 rings (SSSR count). The van der Waals surface area contributed by atoms with Gasteiger partial charge in [-0.1, -0.05) is 12.1 Å². The monoisotopic (exact) mass is 260 g/mol. The van der Waals surface area contributed by atoms with Crippen LogP contribution in [0.4, 0.5) is 5.82 Å². The Morgan fingerprint density at radius 2 is 2.32 bits per heavy atom. The van der Waals surface area contributed by atoms with Crippen LogP contribution in [-0.4, -0.2) is 29.3 Å². The molecule has 0 unspecified atom stereocenters. The van der Waals surface area contributed by atoms with Crippen LogP contribution in [0, 0.1) is 6.92 Å². The fourth-order valence-corrected chi connectivity index (χ4v) is 1.59. The van der Waals surface area contributed by atoms with E-state index in [1.165, 1.54) is 6.07 Å². The van der Waals surface area contributed by atoms with Crippen molar-refractivity contribution >= 4 is 11.7 Å². The fourth-order valence-electron chi connectivity index (χ4n) is 1.59.